The van der Waals surface area contributed by atoms with E-state index >= 15 is 0 Å². The molecular formula is C12H20BrN3O. The maximum atomic E-state index is 12.1. The number of Topliss-reactive ketones (excluding diaryl/α,β-unsaturated/α-hetero) is 1. The minimum atomic E-state index is 0.153. The molecule has 0 saturated carbocycles. The van der Waals surface area contributed by atoms with E-state index in [9.17, 15) is 4.79 Å². The van der Waals surface area contributed by atoms with Crippen molar-refractivity contribution in [3.63, 3.8) is 0 Å². The summed E-state index contributed by atoms with van der Waals surface area (Å²) in [4.78, 5) is 12.1. The molecule has 1 unspecified atom stereocenters. The number of aromatic nitrogens is 2. The fourth-order valence-corrected chi connectivity index (χ4v) is 2.32. The summed E-state index contributed by atoms with van der Waals surface area (Å²) < 4.78 is 2.52. The summed E-state index contributed by atoms with van der Waals surface area (Å²) in [5, 5.41) is 4.15. The van der Waals surface area contributed by atoms with Crippen molar-refractivity contribution in [2.24, 2.45) is 11.7 Å². The molecule has 0 aliphatic carbocycles. The largest absolute Gasteiger partial charge is 0.330 e. The zero-order valence-corrected chi connectivity index (χ0v) is 12.0. The van der Waals surface area contributed by atoms with Gasteiger partial charge in [-0.1, -0.05) is 6.92 Å². The van der Waals surface area contributed by atoms with E-state index in [1.54, 1.807) is 10.9 Å². The van der Waals surface area contributed by atoms with Crippen molar-refractivity contribution in [1.82, 2.24) is 9.78 Å². The zero-order valence-electron chi connectivity index (χ0n) is 10.4. The van der Waals surface area contributed by atoms with E-state index in [0.717, 1.165) is 17.3 Å². The van der Waals surface area contributed by atoms with Crippen molar-refractivity contribution in [2.75, 3.05) is 6.54 Å². The van der Waals surface area contributed by atoms with Gasteiger partial charge in [-0.2, -0.15) is 5.10 Å². The van der Waals surface area contributed by atoms with Crippen LogP contribution in [0.25, 0.3) is 0 Å². The topological polar surface area (TPSA) is 60.9 Å². The average molecular weight is 302 g/mol. The Balaban J connectivity index is 2.60. The van der Waals surface area contributed by atoms with Gasteiger partial charge < -0.3 is 5.73 Å². The van der Waals surface area contributed by atoms with Gasteiger partial charge in [-0.15, -0.1) is 0 Å². The first-order valence-corrected chi connectivity index (χ1v) is 6.84. The van der Waals surface area contributed by atoms with Gasteiger partial charge in [0.2, 0.25) is 0 Å². The lowest BCUT2D eigenvalue weighted by Crippen LogP contribution is -2.12. The molecule has 0 saturated heterocycles. The van der Waals surface area contributed by atoms with Crippen LogP contribution >= 0.6 is 15.9 Å². The monoisotopic (exact) mass is 301 g/mol. The highest BCUT2D eigenvalue weighted by Crippen LogP contribution is 2.20. The molecule has 1 aromatic rings. The Labute approximate surface area is 111 Å². The van der Waals surface area contributed by atoms with Gasteiger partial charge >= 0.3 is 0 Å². The molecule has 5 heteroatoms. The van der Waals surface area contributed by atoms with E-state index in [1.807, 2.05) is 6.92 Å². The van der Waals surface area contributed by atoms with Crippen LogP contribution in [0.1, 0.15) is 43.6 Å². The van der Waals surface area contributed by atoms with Crippen LogP contribution in [0.15, 0.2) is 10.7 Å². The standard InChI is InChI=1S/C12H20BrN3O/c1-3-16-12(10(13)8-15-16)11(17)5-4-9(2)6-7-14/h8-9H,3-7,14H2,1-2H3. The second-order valence-corrected chi connectivity index (χ2v) is 5.16. The minimum Gasteiger partial charge on any atom is -0.330 e. The summed E-state index contributed by atoms with van der Waals surface area (Å²) in [5.74, 6) is 0.654. The van der Waals surface area contributed by atoms with Gasteiger partial charge in [0.1, 0.15) is 5.69 Å². The van der Waals surface area contributed by atoms with E-state index in [-0.39, 0.29) is 5.78 Å². The van der Waals surface area contributed by atoms with Gasteiger partial charge in [-0.05, 0) is 48.2 Å². The molecule has 0 aromatic carbocycles. The number of aryl methyl sites for hydroxylation is 1. The van der Waals surface area contributed by atoms with Crippen molar-refractivity contribution in [1.29, 1.82) is 0 Å². The minimum absolute atomic E-state index is 0.153. The summed E-state index contributed by atoms with van der Waals surface area (Å²) in [6.07, 6.45) is 4.10. The number of carbonyl (C=O) groups is 1. The second kappa shape index (κ2) is 6.91. The summed E-state index contributed by atoms with van der Waals surface area (Å²) in [6.45, 7) is 5.51. The number of carbonyl (C=O) groups excluding carboxylic acids is 1. The maximum absolute atomic E-state index is 12.1. The third-order valence-electron chi connectivity index (χ3n) is 2.88. The molecular weight excluding hydrogens is 282 g/mol. The van der Waals surface area contributed by atoms with Gasteiger partial charge in [-0.3, -0.25) is 9.48 Å². The molecule has 0 aliphatic heterocycles. The van der Waals surface area contributed by atoms with Crippen molar-refractivity contribution < 1.29 is 4.79 Å². The Hall–Kier alpha value is -0.680. The smallest absolute Gasteiger partial charge is 0.182 e. The molecule has 1 aromatic heterocycles. The van der Waals surface area contributed by atoms with Crippen molar-refractivity contribution >= 4 is 21.7 Å². The van der Waals surface area contributed by atoms with Crippen LogP contribution in [0.3, 0.4) is 0 Å². The summed E-state index contributed by atoms with van der Waals surface area (Å²) >= 11 is 3.37. The molecule has 0 aliphatic rings. The number of hydrogen-bond donors (Lipinski definition) is 1. The van der Waals surface area contributed by atoms with E-state index in [1.165, 1.54) is 0 Å². The molecule has 2 N–H and O–H groups in total. The highest BCUT2D eigenvalue weighted by molar-refractivity contribution is 9.10. The van der Waals surface area contributed by atoms with Gasteiger partial charge in [0, 0.05) is 13.0 Å². The van der Waals surface area contributed by atoms with Crippen molar-refractivity contribution in [2.45, 2.75) is 39.7 Å². The molecule has 0 bridgehead atoms. The van der Waals surface area contributed by atoms with E-state index < -0.39 is 0 Å². The lowest BCUT2D eigenvalue weighted by Gasteiger charge is -2.09. The molecule has 1 atom stereocenters. The Morgan fingerprint density at radius 3 is 2.88 bits per heavy atom. The van der Waals surface area contributed by atoms with Crippen molar-refractivity contribution in [3.8, 4) is 0 Å². The SMILES string of the molecule is CCn1ncc(Br)c1C(=O)CCC(C)CCN. The number of ketones is 1. The Kier molecular flexibility index (Phi) is 5.85. The fraction of sp³-hybridized carbons (Fsp3) is 0.667. The highest BCUT2D eigenvalue weighted by Gasteiger charge is 2.16. The van der Waals surface area contributed by atoms with Gasteiger partial charge in [0.15, 0.2) is 5.78 Å². The lowest BCUT2D eigenvalue weighted by molar-refractivity contribution is 0.0963. The second-order valence-electron chi connectivity index (χ2n) is 4.30. The predicted molar refractivity (Wildman–Crippen MR) is 72.0 cm³/mol. The number of nitrogens with zero attached hydrogens (tertiary/aromatic N) is 2. The van der Waals surface area contributed by atoms with E-state index in [2.05, 4.69) is 28.0 Å². The molecule has 0 fully saturated rings. The molecule has 17 heavy (non-hydrogen) atoms. The average Bonchev–Trinajstić information content (AvgIpc) is 2.68. The first-order chi connectivity index (χ1) is 8.10. The first kappa shape index (κ1) is 14.4. The highest BCUT2D eigenvalue weighted by atomic mass is 79.9. The molecule has 96 valence electrons. The van der Waals surface area contributed by atoms with Crippen LogP contribution in [0, 0.1) is 5.92 Å². The molecule has 0 spiro atoms. The van der Waals surface area contributed by atoms with Gasteiger partial charge in [-0.25, -0.2) is 0 Å². The van der Waals surface area contributed by atoms with E-state index in [0.29, 0.717) is 31.1 Å². The van der Waals surface area contributed by atoms with Gasteiger partial charge in [0.25, 0.3) is 0 Å². The summed E-state index contributed by atoms with van der Waals surface area (Å²) in [7, 11) is 0. The maximum Gasteiger partial charge on any atom is 0.182 e. The third-order valence-corrected chi connectivity index (χ3v) is 3.46. The molecule has 0 radical (unpaired) electrons. The van der Waals surface area contributed by atoms with Gasteiger partial charge in [0.05, 0.1) is 10.7 Å². The summed E-state index contributed by atoms with van der Waals surface area (Å²) in [6, 6.07) is 0. The Bertz CT molecular complexity index is 376. The summed E-state index contributed by atoms with van der Waals surface area (Å²) in [5.41, 5.74) is 6.18. The van der Waals surface area contributed by atoms with Crippen molar-refractivity contribution in [3.05, 3.63) is 16.4 Å². The van der Waals surface area contributed by atoms with Crippen LogP contribution in [-0.2, 0) is 6.54 Å². The number of halogens is 1. The van der Waals surface area contributed by atoms with Crippen LogP contribution in [0.5, 0.6) is 0 Å². The quantitative estimate of drug-likeness (QED) is 0.788. The fourth-order valence-electron chi connectivity index (χ4n) is 1.80. The predicted octanol–water partition coefficient (Wildman–Crippen LogP) is 2.61. The van der Waals surface area contributed by atoms with E-state index in [4.69, 9.17) is 5.73 Å². The lowest BCUT2D eigenvalue weighted by atomic mass is 9.99. The first-order valence-electron chi connectivity index (χ1n) is 6.04. The van der Waals surface area contributed by atoms with Crippen LogP contribution in [0.4, 0.5) is 0 Å². The molecule has 1 rings (SSSR count). The third kappa shape index (κ3) is 3.92. The van der Waals surface area contributed by atoms with Crippen LogP contribution in [-0.4, -0.2) is 22.1 Å². The normalized spacial score (nSPS) is 12.7. The number of hydrogen-bond acceptors (Lipinski definition) is 3. The Morgan fingerprint density at radius 1 is 1.59 bits per heavy atom. The molecule has 0 amide bonds. The van der Waals surface area contributed by atoms with Crippen LogP contribution < -0.4 is 5.73 Å². The number of nitrogens with two attached hydrogens (primary N) is 1. The van der Waals surface area contributed by atoms with Crippen LogP contribution in [0.2, 0.25) is 0 Å². The number of rotatable bonds is 7. The molecule has 4 nitrogen and oxygen atoms in total. The molecule has 1 heterocycles. The zero-order chi connectivity index (χ0) is 12.8. The Morgan fingerprint density at radius 2 is 2.29 bits per heavy atom.